The average Bonchev–Trinajstić information content (AvgIpc) is 2.59. The first-order valence-electron chi connectivity index (χ1n) is 4.12. The van der Waals surface area contributed by atoms with Gasteiger partial charge in [-0.25, -0.2) is 0 Å². The predicted molar refractivity (Wildman–Crippen MR) is 43.2 cm³/mol. The summed E-state index contributed by atoms with van der Waals surface area (Å²) < 4.78 is 4.68. The second-order valence-corrected chi connectivity index (χ2v) is 4.02. The summed E-state index contributed by atoms with van der Waals surface area (Å²) in [4.78, 5) is 3.99. The Labute approximate surface area is 71.1 Å². The van der Waals surface area contributed by atoms with E-state index in [1.165, 1.54) is 6.39 Å². The first-order chi connectivity index (χ1) is 5.56. The van der Waals surface area contributed by atoms with Gasteiger partial charge in [0.25, 0.3) is 0 Å². The zero-order valence-electron chi connectivity index (χ0n) is 7.37. The molecule has 66 valence electrons. The highest BCUT2D eigenvalue weighted by atomic mass is 16.5. The third kappa shape index (κ3) is 0.876. The first kappa shape index (κ1) is 7.73. The summed E-state index contributed by atoms with van der Waals surface area (Å²) in [7, 11) is 0. The first-order valence-corrected chi connectivity index (χ1v) is 4.12. The van der Waals surface area contributed by atoms with Crippen molar-refractivity contribution >= 4 is 0 Å². The van der Waals surface area contributed by atoms with E-state index in [2.05, 4.69) is 21.6 Å². The highest BCUT2D eigenvalue weighted by molar-refractivity contribution is 5.14. The highest BCUT2D eigenvalue weighted by Gasteiger charge is 2.53. The van der Waals surface area contributed by atoms with Gasteiger partial charge in [0, 0.05) is 0 Å². The number of aromatic nitrogens is 2. The van der Waals surface area contributed by atoms with Crippen molar-refractivity contribution in [2.24, 2.45) is 11.1 Å². The lowest BCUT2D eigenvalue weighted by molar-refractivity contribution is 0.271. The number of hydrogen-bond acceptors (Lipinski definition) is 4. The molecule has 1 aliphatic rings. The molecule has 1 saturated carbocycles. The largest absolute Gasteiger partial charge is 0.343 e. The van der Waals surface area contributed by atoms with Crippen molar-refractivity contribution in [2.45, 2.75) is 32.2 Å². The maximum absolute atomic E-state index is 6.14. The van der Waals surface area contributed by atoms with Crippen LogP contribution in [0.15, 0.2) is 10.9 Å². The molecular formula is C8H13N3O. The van der Waals surface area contributed by atoms with E-state index in [1.54, 1.807) is 0 Å². The maximum atomic E-state index is 6.14. The highest BCUT2D eigenvalue weighted by Crippen LogP contribution is 2.55. The molecule has 0 saturated heterocycles. The molecule has 0 radical (unpaired) electrons. The molecule has 0 aromatic carbocycles. The molecule has 1 atom stereocenters. The Morgan fingerprint density at radius 2 is 2.33 bits per heavy atom. The van der Waals surface area contributed by atoms with E-state index in [0.717, 1.165) is 12.8 Å². The predicted octanol–water partition coefficient (Wildman–Crippen LogP) is 1.04. The van der Waals surface area contributed by atoms with Crippen LogP contribution in [0, 0.1) is 5.41 Å². The van der Waals surface area contributed by atoms with Gasteiger partial charge in [-0.15, -0.1) is 0 Å². The van der Waals surface area contributed by atoms with Gasteiger partial charge in [0.2, 0.25) is 6.39 Å². The molecule has 4 nitrogen and oxygen atoms in total. The van der Waals surface area contributed by atoms with Gasteiger partial charge in [0.1, 0.15) is 0 Å². The number of nitrogens with zero attached hydrogens (tertiary/aromatic N) is 2. The molecule has 2 rings (SSSR count). The summed E-state index contributed by atoms with van der Waals surface area (Å²) >= 11 is 0. The molecule has 4 heteroatoms. The maximum Gasteiger partial charge on any atom is 0.213 e. The van der Waals surface area contributed by atoms with Crippen molar-refractivity contribution < 1.29 is 4.52 Å². The van der Waals surface area contributed by atoms with E-state index in [9.17, 15) is 0 Å². The van der Waals surface area contributed by atoms with Crippen LogP contribution in [0.1, 0.15) is 32.5 Å². The van der Waals surface area contributed by atoms with E-state index >= 15 is 0 Å². The summed E-state index contributed by atoms with van der Waals surface area (Å²) in [5.41, 5.74) is 5.86. The second kappa shape index (κ2) is 2.07. The lowest BCUT2D eigenvalue weighted by atomic mass is 9.84. The van der Waals surface area contributed by atoms with Crippen LogP contribution in [-0.4, -0.2) is 10.1 Å². The van der Waals surface area contributed by atoms with Crippen LogP contribution in [0.5, 0.6) is 0 Å². The van der Waals surface area contributed by atoms with E-state index in [-0.39, 0.29) is 5.41 Å². The van der Waals surface area contributed by atoms with Crippen molar-refractivity contribution in [1.29, 1.82) is 0 Å². The molecule has 0 spiro atoms. The summed E-state index contributed by atoms with van der Waals surface area (Å²) in [6.07, 6.45) is 3.62. The summed E-state index contributed by atoms with van der Waals surface area (Å²) in [5.74, 6) is 0.613. The Bertz CT molecular complexity index is 275. The minimum Gasteiger partial charge on any atom is -0.343 e. The fraction of sp³-hybridized carbons (Fsp3) is 0.750. The minimum absolute atomic E-state index is 0.164. The lowest BCUT2D eigenvalue weighted by Crippen LogP contribution is -2.42. The minimum atomic E-state index is -0.444. The number of nitrogens with two attached hydrogens (primary N) is 1. The monoisotopic (exact) mass is 167 g/mol. The van der Waals surface area contributed by atoms with E-state index < -0.39 is 5.54 Å². The topological polar surface area (TPSA) is 64.9 Å². The summed E-state index contributed by atoms with van der Waals surface area (Å²) in [6, 6.07) is 0. The standard InChI is InChI=1S/C8H13N3O/c1-7(3-4-7)8(2,9)6-10-5-12-11-6/h5H,3-4,9H2,1-2H3. The van der Waals surface area contributed by atoms with Gasteiger partial charge >= 0.3 is 0 Å². The molecule has 1 aromatic rings. The Balaban J connectivity index is 2.33. The van der Waals surface area contributed by atoms with E-state index in [4.69, 9.17) is 5.73 Å². The van der Waals surface area contributed by atoms with Gasteiger partial charge in [0.05, 0.1) is 5.54 Å². The van der Waals surface area contributed by atoms with Crippen LogP contribution >= 0.6 is 0 Å². The number of hydrogen-bond donors (Lipinski definition) is 1. The van der Waals surface area contributed by atoms with E-state index in [0.29, 0.717) is 5.82 Å². The Hall–Kier alpha value is -0.900. The molecule has 1 unspecified atom stereocenters. The van der Waals surface area contributed by atoms with Crippen LogP contribution in [0.2, 0.25) is 0 Å². The van der Waals surface area contributed by atoms with Gasteiger partial charge in [-0.2, -0.15) is 4.98 Å². The number of rotatable bonds is 2. The van der Waals surface area contributed by atoms with Crippen LogP contribution < -0.4 is 5.73 Å². The van der Waals surface area contributed by atoms with Gasteiger partial charge in [-0.05, 0) is 25.2 Å². The van der Waals surface area contributed by atoms with Gasteiger partial charge in [-0.3, -0.25) is 0 Å². The van der Waals surface area contributed by atoms with Crippen molar-refractivity contribution in [3.8, 4) is 0 Å². The van der Waals surface area contributed by atoms with Gasteiger partial charge < -0.3 is 10.3 Å². The Morgan fingerprint density at radius 1 is 1.67 bits per heavy atom. The normalized spacial score (nSPS) is 24.9. The fourth-order valence-electron chi connectivity index (χ4n) is 1.38. The Kier molecular flexibility index (Phi) is 1.33. The zero-order valence-corrected chi connectivity index (χ0v) is 7.37. The van der Waals surface area contributed by atoms with Crippen molar-refractivity contribution in [3.63, 3.8) is 0 Å². The summed E-state index contributed by atoms with van der Waals surface area (Å²) in [6.45, 7) is 4.12. The molecule has 2 N–H and O–H groups in total. The fourth-order valence-corrected chi connectivity index (χ4v) is 1.38. The second-order valence-electron chi connectivity index (χ2n) is 4.02. The molecule has 1 aromatic heterocycles. The molecule has 1 aliphatic carbocycles. The van der Waals surface area contributed by atoms with Gasteiger partial charge in [0.15, 0.2) is 5.82 Å². The van der Waals surface area contributed by atoms with Crippen molar-refractivity contribution in [2.75, 3.05) is 0 Å². The summed E-state index contributed by atoms with van der Waals surface area (Å²) in [5, 5.41) is 3.78. The SMILES string of the molecule is CC1(C(C)(N)c2ncon2)CC1. The van der Waals surface area contributed by atoms with Crippen LogP contribution in [0.4, 0.5) is 0 Å². The Morgan fingerprint density at radius 3 is 2.75 bits per heavy atom. The molecule has 0 aliphatic heterocycles. The quantitative estimate of drug-likeness (QED) is 0.714. The van der Waals surface area contributed by atoms with Crippen molar-refractivity contribution in [3.05, 3.63) is 12.2 Å². The third-order valence-corrected chi connectivity index (χ3v) is 3.08. The molecule has 1 heterocycles. The van der Waals surface area contributed by atoms with Crippen LogP contribution in [0.3, 0.4) is 0 Å². The van der Waals surface area contributed by atoms with Crippen LogP contribution in [0.25, 0.3) is 0 Å². The van der Waals surface area contributed by atoms with Crippen molar-refractivity contribution in [1.82, 2.24) is 10.1 Å². The third-order valence-electron chi connectivity index (χ3n) is 3.08. The molecular weight excluding hydrogens is 154 g/mol. The van der Waals surface area contributed by atoms with Gasteiger partial charge in [-0.1, -0.05) is 12.1 Å². The molecule has 0 amide bonds. The molecule has 12 heavy (non-hydrogen) atoms. The molecule has 0 bridgehead atoms. The zero-order chi connectivity index (χ0) is 8.82. The van der Waals surface area contributed by atoms with E-state index in [1.807, 2.05) is 6.92 Å². The van der Waals surface area contributed by atoms with Crippen LogP contribution in [-0.2, 0) is 5.54 Å². The smallest absolute Gasteiger partial charge is 0.213 e. The molecule has 1 fully saturated rings. The average molecular weight is 167 g/mol. The lowest BCUT2D eigenvalue weighted by Gasteiger charge is -2.27.